The Kier molecular flexibility index (Phi) is 3.73. The number of benzene rings is 1. The third-order valence-electron chi connectivity index (χ3n) is 2.94. The van der Waals surface area contributed by atoms with E-state index in [1.54, 1.807) is 18.2 Å². The molecule has 7 nitrogen and oxygen atoms in total. The minimum absolute atomic E-state index is 0.125. The molecule has 21 heavy (non-hydrogen) atoms. The third-order valence-corrected chi connectivity index (χ3v) is 3.86. The molecule has 0 aliphatic carbocycles. The van der Waals surface area contributed by atoms with Crippen molar-refractivity contribution in [1.29, 1.82) is 0 Å². The second-order valence-corrected chi connectivity index (χ2v) is 6.51. The van der Waals surface area contributed by atoms with Crippen LogP contribution in [0.5, 0.6) is 5.88 Å². The first-order chi connectivity index (χ1) is 9.68. The summed E-state index contributed by atoms with van der Waals surface area (Å²) < 4.78 is 28.4. The maximum atomic E-state index is 12.0. The molecule has 0 unspecified atom stereocenters. The van der Waals surface area contributed by atoms with E-state index < -0.39 is 16.0 Å². The molecule has 0 fully saturated rings. The van der Waals surface area contributed by atoms with Crippen molar-refractivity contribution in [3.8, 4) is 5.88 Å². The van der Waals surface area contributed by atoms with Crippen LogP contribution in [0, 0.1) is 13.8 Å². The normalized spacial score (nSPS) is 11.4. The average molecular weight is 309 g/mol. The van der Waals surface area contributed by atoms with Crippen LogP contribution >= 0.6 is 0 Å². The van der Waals surface area contributed by atoms with Gasteiger partial charge in [0.1, 0.15) is 5.82 Å². The van der Waals surface area contributed by atoms with Gasteiger partial charge in [0, 0.05) is 6.07 Å². The summed E-state index contributed by atoms with van der Waals surface area (Å²) in [5, 5.41) is 3.65. The molecular formula is C13H15N3O4S. The molecule has 0 amide bonds. The van der Waals surface area contributed by atoms with E-state index >= 15 is 0 Å². The topological polar surface area (TPSA) is 104 Å². The Bertz CT molecular complexity index is 809. The monoisotopic (exact) mass is 309 g/mol. The highest BCUT2D eigenvalue weighted by Gasteiger charge is 2.17. The number of carbonyl (C=O) groups excluding carboxylic acids is 1. The van der Waals surface area contributed by atoms with Gasteiger partial charge in [-0.2, -0.15) is 0 Å². The van der Waals surface area contributed by atoms with Crippen LogP contribution < -0.4 is 10.5 Å². The van der Waals surface area contributed by atoms with Crippen LogP contribution in [0.25, 0.3) is 0 Å². The van der Waals surface area contributed by atoms with Crippen LogP contribution in [0.1, 0.15) is 21.5 Å². The first-order valence-corrected chi connectivity index (χ1v) is 7.89. The number of nitrogen functional groups attached to an aromatic ring is 1. The van der Waals surface area contributed by atoms with E-state index in [0.717, 1.165) is 17.4 Å². The minimum atomic E-state index is -3.64. The van der Waals surface area contributed by atoms with Gasteiger partial charge in [-0.25, -0.2) is 13.2 Å². The van der Waals surface area contributed by atoms with Gasteiger partial charge in [-0.1, -0.05) is 6.07 Å². The summed E-state index contributed by atoms with van der Waals surface area (Å²) in [5.41, 5.74) is 7.87. The number of nitrogens with two attached hydrogens (primary N) is 1. The Balaban J connectivity index is 2.26. The molecule has 2 rings (SSSR count). The van der Waals surface area contributed by atoms with Gasteiger partial charge < -0.3 is 10.5 Å². The lowest BCUT2D eigenvalue weighted by Gasteiger charge is -2.04. The van der Waals surface area contributed by atoms with Gasteiger partial charge in [0.2, 0.25) is 5.88 Å². The van der Waals surface area contributed by atoms with Gasteiger partial charge >= 0.3 is 5.97 Å². The van der Waals surface area contributed by atoms with Crippen molar-refractivity contribution in [2.24, 2.45) is 0 Å². The molecule has 112 valence electrons. The standard InChI is InChI=1S/C13H15N3O4S/c1-8-4-5-10(6-9(8)2)13(17)20-12-7-11(14)16(15-12)21(3,18)19/h4-7H,14H2,1-3H3. The summed E-state index contributed by atoms with van der Waals surface area (Å²) in [7, 11) is -3.64. The molecule has 1 aromatic heterocycles. The van der Waals surface area contributed by atoms with Gasteiger partial charge in [-0.3, -0.25) is 0 Å². The Morgan fingerprint density at radius 3 is 2.43 bits per heavy atom. The van der Waals surface area contributed by atoms with Crippen molar-refractivity contribution in [3.63, 3.8) is 0 Å². The van der Waals surface area contributed by atoms with Gasteiger partial charge in [0.05, 0.1) is 11.8 Å². The van der Waals surface area contributed by atoms with E-state index in [9.17, 15) is 13.2 Å². The molecule has 0 atom stereocenters. The molecule has 0 spiro atoms. The maximum Gasteiger partial charge on any atom is 0.344 e. The summed E-state index contributed by atoms with van der Waals surface area (Å²) in [6.45, 7) is 3.81. The zero-order valence-corrected chi connectivity index (χ0v) is 12.6. The second-order valence-electron chi connectivity index (χ2n) is 4.70. The van der Waals surface area contributed by atoms with Crippen molar-refractivity contribution in [2.45, 2.75) is 13.8 Å². The van der Waals surface area contributed by atoms with Gasteiger partial charge in [-0.05, 0) is 37.1 Å². The fourth-order valence-electron chi connectivity index (χ4n) is 1.70. The van der Waals surface area contributed by atoms with Crippen LogP contribution in [0.4, 0.5) is 5.82 Å². The quantitative estimate of drug-likeness (QED) is 0.852. The molecular weight excluding hydrogens is 294 g/mol. The van der Waals surface area contributed by atoms with Gasteiger partial charge in [-0.15, -0.1) is 9.19 Å². The van der Waals surface area contributed by atoms with Crippen LogP contribution in [-0.4, -0.2) is 29.8 Å². The molecule has 0 aliphatic heterocycles. The lowest BCUT2D eigenvalue weighted by atomic mass is 10.1. The number of aryl methyl sites for hydroxylation is 2. The summed E-state index contributed by atoms with van der Waals surface area (Å²) in [5.74, 6) is -0.919. The molecule has 0 bridgehead atoms. The number of esters is 1. The minimum Gasteiger partial charge on any atom is -0.402 e. The Hall–Kier alpha value is -2.35. The van der Waals surface area contributed by atoms with E-state index in [1.807, 2.05) is 13.8 Å². The number of rotatable bonds is 3. The lowest BCUT2D eigenvalue weighted by molar-refractivity contribution is 0.0727. The Morgan fingerprint density at radius 2 is 1.90 bits per heavy atom. The van der Waals surface area contributed by atoms with Crippen LogP contribution in [0.15, 0.2) is 24.3 Å². The molecule has 2 aromatic rings. The number of ether oxygens (including phenoxy) is 1. The fraction of sp³-hybridized carbons (Fsp3) is 0.231. The van der Waals surface area contributed by atoms with E-state index in [2.05, 4.69) is 5.10 Å². The zero-order valence-electron chi connectivity index (χ0n) is 11.8. The number of anilines is 1. The van der Waals surface area contributed by atoms with E-state index in [-0.39, 0.29) is 11.7 Å². The number of aromatic nitrogens is 2. The van der Waals surface area contributed by atoms with E-state index in [4.69, 9.17) is 10.5 Å². The predicted molar refractivity (Wildman–Crippen MR) is 77.8 cm³/mol. The third kappa shape index (κ3) is 3.22. The maximum absolute atomic E-state index is 12.0. The first kappa shape index (κ1) is 15.0. The summed E-state index contributed by atoms with van der Waals surface area (Å²) in [6, 6.07) is 6.30. The predicted octanol–water partition coefficient (Wildman–Crippen LogP) is 1.11. The summed E-state index contributed by atoms with van der Waals surface area (Å²) >= 11 is 0. The van der Waals surface area contributed by atoms with Crippen molar-refractivity contribution >= 4 is 21.8 Å². The Morgan fingerprint density at radius 1 is 1.24 bits per heavy atom. The molecule has 2 N–H and O–H groups in total. The average Bonchev–Trinajstić information content (AvgIpc) is 2.73. The molecule has 8 heteroatoms. The van der Waals surface area contributed by atoms with E-state index in [1.165, 1.54) is 6.07 Å². The highest BCUT2D eigenvalue weighted by molar-refractivity contribution is 7.89. The highest BCUT2D eigenvalue weighted by atomic mass is 32.2. The molecule has 1 heterocycles. The van der Waals surface area contributed by atoms with Crippen molar-refractivity contribution < 1.29 is 17.9 Å². The zero-order chi connectivity index (χ0) is 15.8. The highest BCUT2D eigenvalue weighted by Crippen LogP contribution is 2.18. The Labute approximate surface area is 122 Å². The van der Waals surface area contributed by atoms with Crippen LogP contribution in [-0.2, 0) is 10.0 Å². The molecule has 0 radical (unpaired) electrons. The van der Waals surface area contributed by atoms with Crippen molar-refractivity contribution in [3.05, 3.63) is 41.0 Å². The number of hydrogen-bond donors (Lipinski definition) is 1. The molecule has 0 saturated heterocycles. The largest absolute Gasteiger partial charge is 0.402 e. The van der Waals surface area contributed by atoms with Gasteiger partial charge in [0.15, 0.2) is 0 Å². The van der Waals surface area contributed by atoms with Crippen molar-refractivity contribution in [2.75, 3.05) is 12.0 Å². The SMILES string of the molecule is Cc1ccc(C(=O)Oc2cc(N)n(S(C)(=O)=O)n2)cc1C. The number of hydrogen-bond acceptors (Lipinski definition) is 6. The smallest absolute Gasteiger partial charge is 0.344 e. The fourth-order valence-corrected chi connectivity index (χ4v) is 2.36. The first-order valence-electron chi connectivity index (χ1n) is 6.04. The molecule has 0 aliphatic rings. The van der Waals surface area contributed by atoms with Gasteiger partial charge in [0.25, 0.3) is 10.0 Å². The summed E-state index contributed by atoms with van der Waals surface area (Å²) in [6.07, 6.45) is 0.950. The lowest BCUT2D eigenvalue weighted by Crippen LogP contribution is -2.15. The van der Waals surface area contributed by atoms with E-state index in [0.29, 0.717) is 9.65 Å². The summed E-state index contributed by atoms with van der Waals surface area (Å²) in [4.78, 5) is 12.0. The number of carbonyl (C=O) groups is 1. The van der Waals surface area contributed by atoms with Crippen LogP contribution in [0.3, 0.4) is 0 Å². The number of nitrogens with zero attached hydrogens (tertiary/aromatic N) is 2. The second kappa shape index (κ2) is 5.21. The van der Waals surface area contributed by atoms with Crippen molar-refractivity contribution in [1.82, 2.24) is 9.19 Å². The molecule has 1 aromatic carbocycles. The van der Waals surface area contributed by atoms with Crippen LogP contribution in [0.2, 0.25) is 0 Å². The molecule has 0 saturated carbocycles.